The molecule has 2 heterocycles. The van der Waals surface area contributed by atoms with E-state index in [4.69, 9.17) is 28.3 Å². The minimum absolute atomic E-state index is 0.0202. The summed E-state index contributed by atoms with van der Waals surface area (Å²) < 4.78 is 14.9. The highest BCUT2D eigenvalue weighted by Gasteiger charge is 2.35. The van der Waals surface area contributed by atoms with Gasteiger partial charge in [0, 0.05) is 40.0 Å². The molecule has 1 aromatic heterocycles. The zero-order chi connectivity index (χ0) is 22.8. The first-order valence-electron chi connectivity index (χ1n) is 9.93. The normalized spacial score (nSPS) is 15.3. The van der Waals surface area contributed by atoms with Gasteiger partial charge in [-0.25, -0.2) is 9.07 Å². The van der Waals surface area contributed by atoms with Crippen LogP contribution < -0.4 is 10.6 Å². The van der Waals surface area contributed by atoms with Crippen molar-refractivity contribution in [1.29, 1.82) is 0 Å². The predicted octanol–water partition coefficient (Wildman–Crippen LogP) is 4.58. The van der Waals surface area contributed by atoms with E-state index in [2.05, 4.69) is 20.7 Å². The summed E-state index contributed by atoms with van der Waals surface area (Å²) in [5, 5.41) is 20.5. The van der Waals surface area contributed by atoms with Crippen LogP contribution in [-0.4, -0.2) is 32.4 Å². The zero-order valence-electron chi connectivity index (χ0n) is 17.1. The number of anilines is 2. The lowest BCUT2D eigenvalue weighted by atomic mass is 9.95. The van der Waals surface area contributed by atoms with E-state index in [1.165, 1.54) is 24.3 Å². The number of aliphatic hydroxyl groups is 1. The SMILES string of the molecule is CC1=C(C(=O)Nc2ccc(F)cc2)C(c2ccc(Cl)cc2Cl)n2nc(CCCO)nc2N1. The van der Waals surface area contributed by atoms with Crippen LogP contribution >= 0.6 is 23.2 Å². The smallest absolute Gasteiger partial charge is 0.255 e. The molecule has 7 nitrogen and oxygen atoms in total. The Labute approximate surface area is 193 Å². The molecule has 0 bridgehead atoms. The maximum absolute atomic E-state index is 13.3. The summed E-state index contributed by atoms with van der Waals surface area (Å²) in [4.78, 5) is 17.8. The molecule has 32 heavy (non-hydrogen) atoms. The Morgan fingerprint density at radius 3 is 2.69 bits per heavy atom. The third-order valence-electron chi connectivity index (χ3n) is 5.06. The molecule has 0 fully saturated rings. The molecule has 1 amide bonds. The fourth-order valence-corrected chi connectivity index (χ4v) is 4.09. The highest BCUT2D eigenvalue weighted by molar-refractivity contribution is 6.35. The minimum Gasteiger partial charge on any atom is -0.396 e. The molecular weight excluding hydrogens is 456 g/mol. The van der Waals surface area contributed by atoms with Crippen molar-refractivity contribution in [3.05, 3.63) is 81.0 Å². The monoisotopic (exact) mass is 475 g/mol. The van der Waals surface area contributed by atoms with Crippen molar-refractivity contribution in [1.82, 2.24) is 14.8 Å². The summed E-state index contributed by atoms with van der Waals surface area (Å²) in [6.45, 7) is 1.79. The van der Waals surface area contributed by atoms with Gasteiger partial charge in [0.1, 0.15) is 11.9 Å². The van der Waals surface area contributed by atoms with E-state index in [-0.39, 0.29) is 6.61 Å². The number of halogens is 3. The van der Waals surface area contributed by atoms with Crippen molar-refractivity contribution in [3.63, 3.8) is 0 Å². The molecule has 0 aliphatic carbocycles. The Morgan fingerprint density at radius 2 is 2.00 bits per heavy atom. The molecule has 1 aliphatic rings. The van der Waals surface area contributed by atoms with Gasteiger partial charge in [0.15, 0.2) is 5.82 Å². The summed E-state index contributed by atoms with van der Waals surface area (Å²) in [6.07, 6.45) is 0.996. The van der Waals surface area contributed by atoms with Crippen LogP contribution in [0.15, 0.2) is 53.7 Å². The third-order valence-corrected chi connectivity index (χ3v) is 5.62. The molecule has 0 saturated carbocycles. The van der Waals surface area contributed by atoms with Crippen molar-refractivity contribution in [3.8, 4) is 0 Å². The number of aryl methyl sites for hydroxylation is 1. The van der Waals surface area contributed by atoms with E-state index in [9.17, 15) is 9.18 Å². The quantitative estimate of drug-likeness (QED) is 0.485. The second-order valence-electron chi connectivity index (χ2n) is 7.32. The van der Waals surface area contributed by atoms with Crippen LogP contribution in [0.4, 0.5) is 16.0 Å². The van der Waals surface area contributed by atoms with Crippen LogP contribution in [-0.2, 0) is 11.2 Å². The molecule has 1 unspecified atom stereocenters. The van der Waals surface area contributed by atoms with Gasteiger partial charge in [0.05, 0.1) is 5.57 Å². The second kappa shape index (κ2) is 9.28. The number of carbonyl (C=O) groups excluding carboxylic acids is 1. The number of nitrogens with zero attached hydrogens (tertiary/aromatic N) is 3. The highest BCUT2D eigenvalue weighted by Crippen LogP contribution is 2.39. The fourth-order valence-electron chi connectivity index (χ4n) is 3.57. The van der Waals surface area contributed by atoms with Gasteiger partial charge in [-0.15, -0.1) is 0 Å². The van der Waals surface area contributed by atoms with E-state index >= 15 is 0 Å². The zero-order valence-corrected chi connectivity index (χ0v) is 18.6. The number of rotatable bonds is 6. The first-order valence-corrected chi connectivity index (χ1v) is 10.7. The highest BCUT2D eigenvalue weighted by atomic mass is 35.5. The molecule has 4 rings (SSSR count). The Balaban J connectivity index is 1.78. The molecule has 10 heteroatoms. The Hall–Kier alpha value is -2.94. The first-order chi connectivity index (χ1) is 15.4. The van der Waals surface area contributed by atoms with Crippen molar-refractivity contribution in [2.24, 2.45) is 0 Å². The first kappa shape index (κ1) is 22.3. The summed E-state index contributed by atoms with van der Waals surface area (Å²) in [6, 6.07) is 9.88. The Morgan fingerprint density at radius 1 is 1.25 bits per heavy atom. The lowest BCUT2D eigenvalue weighted by molar-refractivity contribution is -0.113. The van der Waals surface area contributed by atoms with Crippen molar-refractivity contribution < 1.29 is 14.3 Å². The second-order valence-corrected chi connectivity index (χ2v) is 8.16. The van der Waals surface area contributed by atoms with Crippen molar-refractivity contribution in [2.75, 3.05) is 17.2 Å². The third kappa shape index (κ3) is 4.48. The molecule has 3 N–H and O–H groups in total. The van der Waals surface area contributed by atoms with Crippen LogP contribution in [0, 0.1) is 5.82 Å². The molecule has 1 aliphatic heterocycles. The van der Waals surface area contributed by atoms with Gasteiger partial charge in [-0.3, -0.25) is 4.79 Å². The maximum atomic E-state index is 13.3. The standard InChI is InChI=1S/C22H20Cl2FN5O2/c1-12-19(21(32)27-15-7-5-14(25)6-8-15)20(16-9-4-13(23)11-17(16)24)30-22(26-12)28-18(29-30)3-2-10-31/h4-9,11,20,31H,2-3,10H2,1H3,(H,27,32)(H,26,28,29). The molecule has 1 atom stereocenters. The number of carbonyl (C=O) groups is 1. The average molecular weight is 476 g/mol. The van der Waals surface area contributed by atoms with Crippen molar-refractivity contribution >= 4 is 40.7 Å². The molecule has 3 aromatic rings. The van der Waals surface area contributed by atoms with Gasteiger partial charge in [0.25, 0.3) is 5.91 Å². The van der Waals surface area contributed by atoms with Crippen LogP contribution in [0.1, 0.15) is 30.8 Å². The van der Waals surface area contributed by atoms with E-state index in [0.717, 1.165) is 0 Å². The molecular formula is C22H20Cl2FN5O2. The molecule has 0 spiro atoms. The van der Waals surface area contributed by atoms with Crippen molar-refractivity contribution in [2.45, 2.75) is 25.8 Å². The minimum atomic E-state index is -0.674. The van der Waals surface area contributed by atoms with Gasteiger partial charge in [-0.2, -0.15) is 10.1 Å². The molecule has 0 saturated heterocycles. The Kier molecular flexibility index (Phi) is 6.45. The van der Waals surface area contributed by atoms with Gasteiger partial charge in [-0.1, -0.05) is 29.3 Å². The summed E-state index contributed by atoms with van der Waals surface area (Å²) in [5.41, 5.74) is 2.03. The Bertz CT molecular complexity index is 1190. The average Bonchev–Trinajstić information content (AvgIpc) is 3.15. The number of allylic oxidation sites excluding steroid dienone is 1. The predicted molar refractivity (Wildman–Crippen MR) is 121 cm³/mol. The number of aromatic nitrogens is 3. The number of hydrogen-bond donors (Lipinski definition) is 3. The van der Waals surface area contributed by atoms with Gasteiger partial charge < -0.3 is 15.7 Å². The lowest BCUT2D eigenvalue weighted by Crippen LogP contribution is -2.31. The topological polar surface area (TPSA) is 92.1 Å². The van der Waals surface area contributed by atoms with E-state index < -0.39 is 17.8 Å². The van der Waals surface area contributed by atoms with Gasteiger partial charge >= 0.3 is 0 Å². The number of amides is 1. The van der Waals surface area contributed by atoms with E-state index in [1.54, 1.807) is 29.8 Å². The van der Waals surface area contributed by atoms with E-state index in [0.29, 0.717) is 57.2 Å². The van der Waals surface area contributed by atoms with Crippen LogP contribution in [0.5, 0.6) is 0 Å². The maximum Gasteiger partial charge on any atom is 0.255 e. The lowest BCUT2D eigenvalue weighted by Gasteiger charge is -2.29. The number of benzene rings is 2. The number of fused-ring (bicyclic) bond motifs is 1. The number of aliphatic hydroxyl groups excluding tert-OH is 1. The van der Waals surface area contributed by atoms with Crippen LogP contribution in [0.2, 0.25) is 10.0 Å². The number of nitrogens with one attached hydrogen (secondary N) is 2. The molecule has 166 valence electrons. The summed E-state index contributed by atoms with van der Waals surface area (Å²) in [5.74, 6) is 0.205. The van der Waals surface area contributed by atoms with E-state index in [1.807, 2.05) is 0 Å². The fraction of sp³-hybridized carbons (Fsp3) is 0.227. The van der Waals surface area contributed by atoms with Gasteiger partial charge in [0.2, 0.25) is 5.95 Å². The molecule has 0 radical (unpaired) electrons. The summed E-state index contributed by atoms with van der Waals surface area (Å²) >= 11 is 12.6. The largest absolute Gasteiger partial charge is 0.396 e. The van der Waals surface area contributed by atoms with Gasteiger partial charge in [-0.05, 0) is 49.7 Å². The van der Waals surface area contributed by atoms with Crippen LogP contribution in [0.25, 0.3) is 0 Å². The van der Waals surface area contributed by atoms with Crippen LogP contribution in [0.3, 0.4) is 0 Å². The number of hydrogen-bond acceptors (Lipinski definition) is 5. The molecule has 2 aromatic carbocycles. The summed E-state index contributed by atoms with van der Waals surface area (Å²) in [7, 11) is 0.